The first-order valence-electron chi connectivity index (χ1n) is 8.94. The lowest BCUT2D eigenvalue weighted by Gasteiger charge is -2.22. The van der Waals surface area contributed by atoms with Gasteiger partial charge in [-0.25, -0.2) is 0 Å². The van der Waals surface area contributed by atoms with Crippen LogP contribution in [0.2, 0.25) is 0 Å². The van der Waals surface area contributed by atoms with Crippen molar-refractivity contribution in [2.75, 3.05) is 30.4 Å². The molecule has 0 spiro atoms. The van der Waals surface area contributed by atoms with Crippen molar-refractivity contribution >= 4 is 29.1 Å². The van der Waals surface area contributed by atoms with Crippen molar-refractivity contribution in [2.24, 2.45) is 0 Å². The molecule has 0 aliphatic carbocycles. The van der Waals surface area contributed by atoms with E-state index < -0.39 is 0 Å². The summed E-state index contributed by atoms with van der Waals surface area (Å²) in [5, 5.41) is 5.52. The van der Waals surface area contributed by atoms with Gasteiger partial charge in [0, 0.05) is 38.3 Å². The monoisotopic (exact) mass is 383 g/mol. The van der Waals surface area contributed by atoms with Crippen LogP contribution in [0.4, 0.5) is 11.4 Å². The number of nitrogens with one attached hydrogen (secondary N) is 2. The molecule has 0 bridgehead atoms. The van der Waals surface area contributed by atoms with Gasteiger partial charge in [0.25, 0.3) is 0 Å². The van der Waals surface area contributed by atoms with Crippen molar-refractivity contribution in [1.29, 1.82) is 0 Å². The third kappa shape index (κ3) is 6.42. The Labute approximate surface area is 164 Å². The van der Waals surface area contributed by atoms with Crippen molar-refractivity contribution in [3.63, 3.8) is 0 Å². The summed E-state index contributed by atoms with van der Waals surface area (Å²) in [6.07, 6.45) is 0.252. The van der Waals surface area contributed by atoms with Crippen LogP contribution in [-0.2, 0) is 20.8 Å². The quantitative estimate of drug-likeness (QED) is 0.733. The van der Waals surface area contributed by atoms with Gasteiger partial charge < -0.3 is 20.3 Å². The predicted molar refractivity (Wildman–Crippen MR) is 108 cm³/mol. The number of hydrogen-bond acceptors (Lipinski definition) is 4. The Morgan fingerprint density at radius 2 is 1.75 bits per heavy atom. The third-order valence-electron chi connectivity index (χ3n) is 4.04. The van der Waals surface area contributed by atoms with Crippen LogP contribution < -0.4 is 20.3 Å². The number of benzene rings is 2. The maximum Gasteiger partial charge on any atom is 0.224 e. The van der Waals surface area contributed by atoms with Crippen LogP contribution >= 0.6 is 0 Å². The Morgan fingerprint density at radius 1 is 1.04 bits per heavy atom. The summed E-state index contributed by atoms with van der Waals surface area (Å²) in [7, 11) is 1.59. The zero-order valence-corrected chi connectivity index (χ0v) is 16.3. The number of anilines is 2. The number of rotatable bonds is 8. The number of amides is 3. The van der Waals surface area contributed by atoms with Crippen molar-refractivity contribution in [1.82, 2.24) is 5.32 Å². The molecule has 0 heterocycles. The van der Waals surface area contributed by atoms with E-state index in [0.717, 1.165) is 11.3 Å². The van der Waals surface area contributed by atoms with E-state index in [1.807, 2.05) is 24.3 Å². The van der Waals surface area contributed by atoms with Crippen LogP contribution in [0.1, 0.15) is 19.4 Å². The summed E-state index contributed by atoms with van der Waals surface area (Å²) in [6.45, 7) is 3.53. The fourth-order valence-electron chi connectivity index (χ4n) is 2.72. The maximum atomic E-state index is 12.1. The first-order chi connectivity index (χ1) is 13.4. The Bertz CT molecular complexity index is 834. The molecule has 0 aliphatic heterocycles. The largest absolute Gasteiger partial charge is 0.497 e. The van der Waals surface area contributed by atoms with Gasteiger partial charge in [0.1, 0.15) is 5.75 Å². The van der Waals surface area contributed by atoms with E-state index in [9.17, 15) is 14.4 Å². The number of carbonyl (C=O) groups excluding carboxylic acids is 3. The van der Waals surface area contributed by atoms with Gasteiger partial charge in [0.2, 0.25) is 17.7 Å². The molecule has 0 saturated heterocycles. The Kier molecular flexibility index (Phi) is 7.56. The molecule has 0 aromatic heterocycles. The van der Waals surface area contributed by atoms with Crippen LogP contribution in [0.15, 0.2) is 48.5 Å². The van der Waals surface area contributed by atoms with Gasteiger partial charge in [-0.05, 0) is 35.9 Å². The second-order valence-electron chi connectivity index (χ2n) is 6.28. The topological polar surface area (TPSA) is 87.7 Å². The van der Waals surface area contributed by atoms with Crippen molar-refractivity contribution in [2.45, 2.75) is 20.3 Å². The number of methoxy groups -OCH3 is 1. The molecule has 7 heteroatoms. The van der Waals surface area contributed by atoms with Gasteiger partial charge in [-0.1, -0.05) is 18.2 Å². The molecule has 2 aromatic rings. The van der Waals surface area contributed by atoms with Gasteiger partial charge in [-0.3, -0.25) is 14.4 Å². The zero-order valence-electron chi connectivity index (χ0n) is 16.3. The fraction of sp³-hybridized carbons (Fsp3) is 0.286. The predicted octanol–water partition coefficient (Wildman–Crippen LogP) is 2.37. The molecule has 7 nitrogen and oxygen atoms in total. The average molecular weight is 383 g/mol. The SMILES string of the molecule is COc1ccc(CC(=O)NCCN(C(C)=O)c2cccc(NC(C)=O)c2)cc1. The molecule has 0 fully saturated rings. The minimum absolute atomic E-state index is 0.124. The summed E-state index contributed by atoms with van der Waals surface area (Å²) in [5.74, 6) is 0.283. The fourth-order valence-corrected chi connectivity index (χ4v) is 2.72. The van der Waals surface area contributed by atoms with Crippen LogP contribution in [0.5, 0.6) is 5.75 Å². The molecule has 0 aliphatic rings. The first kappa shape index (κ1) is 21.0. The molecule has 148 valence electrons. The number of nitrogens with zero attached hydrogens (tertiary/aromatic N) is 1. The van der Waals surface area contributed by atoms with E-state index in [1.165, 1.54) is 13.8 Å². The Balaban J connectivity index is 1.91. The van der Waals surface area contributed by atoms with Crippen LogP contribution in [0.25, 0.3) is 0 Å². The second-order valence-corrected chi connectivity index (χ2v) is 6.28. The highest BCUT2D eigenvalue weighted by Gasteiger charge is 2.13. The van der Waals surface area contributed by atoms with Crippen LogP contribution in [0, 0.1) is 0 Å². The van der Waals surface area contributed by atoms with Crippen molar-refractivity contribution in [3.8, 4) is 5.75 Å². The van der Waals surface area contributed by atoms with E-state index in [4.69, 9.17) is 4.74 Å². The number of ether oxygens (including phenoxy) is 1. The smallest absolute Gasteiger partial charge is 0.224 e. The molecule has 0 saturated carbocycles. The molecule has 0 atom stereocenters. The minimum Gasteiger partial charge on any atom is -0.497 e. The molecule has 0 radical (unpaired) electrons. The standard InChI is InChI=1S/C21H25N3O4/c1-15(25)23-18-5-4-6-19(14-18)24(16(2)26)12-11-22-21(27)13-17-7-9-20(28-3)10-8-17/h4-10,14H,11-13H2,1-3H3,(H,22,27)(H,23,25). The normalized spacial score (nSPS) is 10.1. The van der Waals surface area contributed by atoms with Gasteiger partial charge in [0.05, 0.1) is 13.5 Å². The highest BCUT2D eigenvalue weighted by Crippen LogP contribution is 2.19. The first-order valence-corrected chi connectivity index (χ1v) is 8.94. The van der Waals surface area contributed by atoms with Gasteiger partial charge >= 0.3 is 0 Å². The zero-order chi connectivity index (χ0) is 20.5. The van der Waals surface area contributed by atoms with Crippen LogP contribution in [-0.4, -0.2) is 37.9 Å². The van der Waals surface area contributed by atoms with E-state index in [0.29, 0.717) is 24.5 Å². The maximum absolute atomic E-state index is 12.1. The van der Waals surface area contributed by atoms with Crippen molar-refractivity contribution < 1.29 is 19.1 Å². The lowest BCUT2D eigenvalue weighted by molar-refractivity contribution is -0.121. The molecular formula is C21H25N3O4. The number of hydrogen-bond donors (Lipinski definition) is 2. The lowest BCUT2D eigenvalue weighted by Crippen LogP contribution is -2.38. The van der Waals surface area contributed by atoms with Gasteiger partial charge in [-0.2, -0.15) is 0 Å². The van der Waals surface area contributed by atoms with E-state index in [-0.39, 0.29) is 24.1 Å². The van der Waals surface area contributed by atoms with Gasteiger partial charge in [0.15, 0.2) is 0 Å². The highest BCUT2D eigenvalue weighted by atomic mass is 16.5. The Hall–Kier alpha value is -3.35. The Morgan fingerprint density at radius 3 is 2.36 bits per heavy atom. The summed E-state index contributed by atoms with van der Waals surface area (Å²) in [4.78, 5) is 36.9. The molecule has 2 aromatic carbocycles. The summed E-state index contributed by atoms with van der Waals surface area (Å²) in [6, 6.07) is 14.3. The lowest BCUT2D eigenvalue weighted by atomic mass is 10.1. The summed E-state index contributed by atoms with van der Waals surface area (Å²) < 4.78 is 5.10. The third-order valence-corrected chi connectivity index (χ3v) is 4.04. The molecular weight excluding hydrogens is 358 g/mol. The van der Waals surface area contributed by atoms with Crippen LogP contribution in [0.3, 0.4) is 0 Å². The van der Waals surface area contributed by atoms with E-state index in [2.05, 4.69) is 10.6 Å². The minimum atomic E-state index is -0.183. The average Bonchev–Trinajstić information content (AvgIpc) is 2.65. The molecule has 3 amide bonds. The highest BCUT2D eigenvalue weighted by molar-refractivity contribution is 5.94. The van der Waals surface area contributed by atoms with Gasteiger partial charge in [-0.15, -0.1) is 0 Å². The summed E-state index contributed by atoms with van der Waals surface area (Å²) >= 11 is 0. The second kappa shape index (κ2) is 10.1. The number of carbonyl (C=O) groups is 3. The van der Waals surface area contributed by atoms with E-state index >= 15 is 0 Å². The molecule has 2 N–H and O–H groups in total. The molecule has 28 heavy (non-hydrogen) atoms. The summed E-state index contributed by atoms with van der Waals surface area (Å²) in [5.41, 5.74) is 2.15. The van der Waals surface area contributed by atoms with Crippen molar-refractivity contribution in [3.05, 3.63) is 54.1 Å². The molecule has 2 rings (SSSR count). The van der Waals surface area contributed by atoms with E-state index in [1.54, 1.807) is 36.3 Å². The molecule has 0 unspecified atom stereocenters.